The summed E-state index contributed by atoms with van der Waals surface area (Å²) in [6, 6.07) is 0. The molecule has 0 unspecified atom stereocenters. The van der Waals surface area contributed by atoms with E-state index in [4.69, 9.17) is 0 Å². The quantitative estimate of drug-likeness (QED) is 0.562. The van der Waals surface area contributed by atoms with E-state index in [2.05, 4.69) is 34.6 Å². The summed E-state index contributed by atoms with van der Waals surface area (Å²) in [5.41, 5.74) is 0. The zero-order valence-electron chi connectivity index (χ0n) is 7.44. The van der Waals surface area contributed by atoms with Gasteiger partial charge in [0.05, 0.1) is 0 Å². The van der Waals surface area contributed by atoms with E-state index in [1.165, 1.54) is 6.42 Å². The lowest BCUT2D eigenvalue weighted by atomic mass is 9.85. The molecule has 0 fully saturated rings. The van der Waals surface area contributed by atoms with Crippen LogP contribution in [0.15, 0.2) is 0 Å². The minimum absolute atomic E-state index is 0. The van der Waals surface area contributed by atoms with Crippen LogP contribution in [0.3, 0.4) is 0 Å². The molecule has 0 heteroatoms. The standard InChI is InChI=1S/C9H20.CH4/c1-6-8(4)9(5)7(2)3;/h7-9H,6H2,1-5H3;1H4/t8-,9+;/m1./s1. The largest absolute Gasteiger partial charge is 0.0776 e. The zero-order chi connectivity index (χ0) is 7.44. The Morgan fingerprint density at radius 3 is 1.50 bits per heavy atom. The summed E-state index contributed by atoms with van der Waals surface area (Å²) in [6.45, 7) is 11.6. The van der Waals surface area contributed by atoms with Gasteiger partial charge >= 0.3 is 0 Å². The lowest BCUT2D eigenvalue weighted by molar-refractivity contribution is 0.289. The predicted molar refractivity (Wildman–Crippen MR) is 50.2 cm³/mol. The first-order valence-corrected chi connectivity index (χ1v) is 4.09. The smallest absolute Gasteiger partial charge is 0.0394 e. The van der Waals surface area contributed by atoms with E-state index in [1.807, 2.05) is 0 Å². The fourth-order valence-corrected chi connectivity index (χ4v) is 1.03. The fourth-order valence-electron chi connectivity index (χ4n) is 1.03. The second-order valence-electron chi connectivity index (χ2n) is 3.49. The van der Waals surface area contributed by atoms with Crippen LogP contribution in [0.5, 0.6) is 0 Å². The first kappa shape index (κ1) is 12.7. The summed E-state index contributed by atoms with van der Waals surface area (Å²) < 4.78 is 0. The van der Waals surface area contributed by atoms with Gasteiger partial charge in [-0.15, -0.1) is 0 Å². The van der Waals surface area contributed by atoms with E-state index in [9.17, 15) is 0 Å². The molecule has 0 bridgehead atoms. The van der Waals surface area contributed by atoms with E-state index >= 15 is 0 Å². The van der Waals surface area contributed by atoms with E-state index in [0.29, 0.717) is 0 Å². The van der Waals surface area contributed by atoms with Crippen molar-refractivity contribution in [1.82, 2.24) is 0 Å². The Bertz CT molecular complexity index is 64.4. The summed E-state index contributed by atoms with van der Waals surface area (Å²) in [5.74, 6) is 2.62. The lowest BCUT2D eigenvalue weighted by Crippen LogP contribution is -2.12. The fraction of sp³-hybridized carbons (Fsp3) is 1.00. The average Bonchev–Trinajstić information content (AvgIpc) is 1.84. The van der Waals surface area contributed by atoms with Gasteiger partial charge in [0.1, 0.15) is 0 Å². The maximum absolute atomic E-state index is 2.35. The maximum Gasteiger partial charge on any atom is -0.0394 e. The lowest BCUT2D eigenvalue weighted by Gasteiger charge is -2.21. The van der Waals surface area contributed by atoms with Crippen molar-refractivity contribution in [3.05, 3.63) is 0 Å². The third kappa shape index (κ3) is 3.92. The third-order valence-corrected chi connectivity index (χ3v) is 2.59. The number of hydrogen-bond donors (Lipinski definition) is 0. The molecule has 0 saturated heterocycles. The molecule has 2 atom stereocenters. The highest BCUT2D eigenvalue weighted by Gasteiger charge is 2.12. The molecule has 0 radical (unpaired) electrons. The van der Waals surface area contributed by atoms with Gasteiger partial charge in [0.25, 0.3) is 0 Å². The highest BCUT2D eigenvalue weighted by molar-refractivity contribution is 4.62. The van der Waals surface area contributed by atoms with E-state index in [-0.39, 0.29) is 7.43 Å². The Morgan fingerprint density at radius 2 is 1.40 bits per heavy atom. The summed E-state index contributed by atoms with van der Waals surface area (Å²) in [7, 11) is 0. The van der Waals surface area contributed by atoms with Gasteiger partial charge in [-0.2, -0.15) is 0 Å². The molecule has 0 spiro atoms. The van der Waals surface area contributed by atoms with Crippen molar-refractivity contribution in [1.29, 1.82) is 0 Å². The van der Waals surface area contributed by atoms with Gasteiger partial charge in [-0.05, 0) is 17.8 Å². The van der Waals surface area contributed by atoms with Crippen molar-refractivity contribution < 1.29 is 0 Å². The monoisotopic (exact) mass is 144 g/mol. The molecule has 0 nitrogen and oxygen atoms in total. The molecular weight excluding hydrogens is 120 g/mol. The van der Waals surface area contributed by atoms with Crippen LogP contribution in [0.4, 0.5) is 0 Å². The Balaban J connectivity index is 0. The molecule has 0 N–H and O–H groups in total. The van der Waals surface area contributed by atoms with Crippen LogP contribution in [-0.4, -0.2) is 0 Å². The van der Waals surface area contributed by atoms with Crippen molar-refractivity contribution >= 4 is 0 Å². The highest BCUT2D eigenvalue weighted by atomic mass is 14.2. The van der Waals surface area contributed by atoms with Gasteiger partial charge < -0.3 is 0 Å². The zero-order valence-corrected chi connectivity index (χ0v) is 7.44. The highest BCUT2D eigenvalue weighted by Crippen LogP contribution is 2.21. The number of rotatable bonds is 3. The van der Waals surface area contributed by atoms with Crippen molar-refractivity contribution in [2.75, 3.05) is 0 Å². The Kier molecular flexibility index (Phi) is 7.29. The molecular formula is C10H24. The number of hydrogen-bond acceptors (Lipinski definition) is 0. The molecule has 0 saturated carbocycles. The van der Waals surface area contributed by atoms with Crippen molar-refractivity contribution in [3.8, 4) is 0 Å². The molecule has 0 aliphatic heterocycles. The summed E-state index contributed by atoms with van der Waals surface area (Å²) in [5, 5.41) is 0. The van der Waals surface area contributed by atoms with Crippen LogP contribution in [0.25, 0.3) is 0 Å². The topological polar surface area (TPSA) is 0 Å². The molecule has 0 aliphatic carbocycles. The van der Waals surface area contributed by atoms with Crippen LogP contribution in [0, 0.1) is 17.8 Å². The molecule has 0 aromatic heterocycles. The van der Waals surface area contributed by atoms with E-state index in [0.717, 1.165) is 17.8 Å². The molecule has 0 amide bonds. The molecule has 10 heavy (non-hydrogen) atoms. The first-order chi connectivity index (χ1) is 4.09. The molecule has 0 heterocycles. The molecule has 0 rings (SSSR count). The second kappa shape index (κ2) is 5.76. The van der Waals surface area contributed by atoms with Crippen LogP contribution in [-0.2, 0) is 0 Å². The van der Waals surface area contributed by atoms with E-state index in [1.54, 1.807) is 0 Å². The Hall–Kier alpha value is 0. The molecule has 0 aromatic rings. The molecule has 0 aromatic carbocycles. The summed E-state index contributed by atoms with van der Waals surface area (Å²) in [4.78, 5) is 0. The molecule has 0 aliphatic rings. The minimum Gasteiger partial charge on any atom is -0.0776 e. The van der Waals surface area contributed by atoms with Gasteiger partial charge in [0.2, 0.25) is 0 Å². The minimum atomic E-state index is 0. The van der Waals surface area contributed by atoms with Crippen molar-refractivity contribution in [2.45, 2.75) is 48.5 Å². The van der Waals surface area contributed by atoms with E-state index < -0.39 is 0 Å². The van der Waals surface area contributed by atoms with Crippen LogP contribution in [0.2, 0.25) is 0 Å². The van der Waals surface area contributed by atoms with Gasteiger partial charge in [0.15, 0.2) is 0 Å². The van der Waals surface area contributed by atoms with Crippen LogP contribution in [0.1, 0.15) is 48.5 Å². The van der Waals surface area contributed by atoms with Gasteiger partial charge in [-0.3, -0.25) is 0 Å². The second-order valence-corrected chi connectivity index (χ2v) is 3.49. The average molecular weight is 144 g/mol. The predicted octanol–water partition coefficient (Wildman–Crippen LogP) is 3.96. The van der Waals surface area contributed by atoms with Gasteiger partial charge in [-0.25, -0.2) is 0 Å². The summed E-state index contributed by atoms with van der Waals surface area (Å²) in [6.07, 6.45) is 1.32. The molecule has 64 valence electrons. The van der Waals surface area contributed by atoms with Crippen molar-refractivity contribution in [3.63, 3.8) is 0 Å². The Labute approximate surface area is 67.0 Å². The van der Waals surface area contributed by atoms with Crippen LogP contribution < -0.4 is 0 Å². The maximum atomic E-state index is 2.35. The van der Waals surface area contributed by atoms with Crippen molar-refractivity contribution in [2.24, 2.45) is 17.8 Å². The van der Waals surface area contributed by atoms with Gasteiger partial charge in [-0.1, -0.05) is 48.5 Å². The van der Waals surface area contributed by atoms with Gasteiger partial charge in [0, 0.05) is 0 Å². The van der Waals surface area contributed by atoms with Crippen LogP contribution >= 0.6 is 0 Å². The first-order valence-electron chi connectivity index (χ1n) is 4.09. The summed E-state index contributed by atoms with van der Waals surface area (Å²) >= 11 is 0. The Morgan fingerprint density at radius 1 is 1.00 bits per heavy atom. The third-order valence-electron chi connectivity index (χ3n) is 2.59. The SMILES string of the molecule is C.CC[C@@H](C)[C@@H](C)C(C)C. The normalized spacial score (nSPS) is 16.2.